The summed E-state index contributed by atoms with van der Waals surface area (Å²) in [5.41, 5.74) is 4.85. The molecule has 0 saturated heterocycles. The number of aliphatic hydroxyl groups is 1. The van der Waals surface area contributed by atoms with Crippen LogP contribution < -0.4 is 4.74 Å². The van der Waals surface area contributed by atoms with E-state index in [1.807, 2.05) is 18.2 Å². The molecule has 0 bridgehead atoms. The number of esters is 1. The Kier molecular flexibility index (Phi) is 8.44. The van der Waals surface area contributed by atoms with Gasteiger partial charge in [-0.05, 0) is 154 Å². The molecule has 1 N–H and O–H groups in total. The molecule has 45 heavy (non-hydrogen) atoms. The largest absolute Gasteiger partial charge is 0.496 e. The van der Waals surface area contributed by atoms with Crippen molar-refractivity contribution in [2.45, 2.75) is 132 Å². The van der Waals surface area contributed by atoms with Crippen LogP contribution in [-0.2, 0) is 16.1 Å². The van der Waals surface area contributed by atoms with Crippen molar-refractivity contribution in [2.75, 3.05) is 7.11 Å². The summed E-state index contributed by atoms with van der Waals surface area (Å²) in [6, 6.07) is 5.58. The first-order valence-corrected chi connectivity index (χ1v) is 18.1. The van der Waals surface area contributed by atoms with Gasteiger partial charge in [0.25, 0.3) is 0 Å². The lowest BCUT2D eigenvalue weighted by atomic mass is 9.41. The summed E-state index contributed by atoms with van der Waals surface area (Å²) >= 11 is 0. The molecule has 0 aromatic heterocycles. The Morgan fingerprint density at radius 1 is 0.978 bits per heavy atom. The first-order chi connectivity index (χ1) is 21.3. The van der Waals surface area contributed by atoms with Gasteiger partial charge >= 0.3 is 5.97 Å². The van der Waals surface area contributed by atoms with E-state index >= 15 is 0 Å². The molecule has 5 aliphatic carbocycles. The van der Waals surface area contributed by atoms with Gasteiger partial charge in [0.1, 0.15) is 11.9 Å². The molecule has 9 unspecified atom stereocenters. The summed E-state index contributed by atoms with van der Waals surface area (Å²) in [4.78, 5) is 13.1. The number of ether oxygens (including phenoxy) is 2. The first-order valence-electron chi connectivity index (χ1n) is 18.1. The Labute approximate surface area is 273 Å². The fourth-order valence-corrected chi connectivity index (χ4v) is 12.7. The minimum absolute atomic E-state index is 0.0281. The molecule has 1 aromatic rings. The summed E-state index contributed by atoms with van der Waals surface area (Å²) in [6.07, 6.45) is 20.2. The number of rotatable bonds is 9. The Bertz CT molecular complexity index is 1350. The van der Waals surface area contributed by atoms with Gasteiger partial charge in [-0.25, -0.2) is 4.79 Å². The van der Waals surface area contributed by atoms with Crippen molar-refractivity contribution in [3.8, 4) is 5.75 Å². The molecule has 4 heteroatoms. The highest BCUT2D eigenvalue weighted by molar-refractivity contribution is 5.87. The summed E-state index contributed by atoms with van der Waals surface area (Å²) in [5, 5.41) is 9.67. The topological polar surface area (TPSA) is 55.8 Å². The van der Waals surface area contributed by atoms with E-state index in [9.17, 15) is 9.90 Å². The third-order valence-corrected chi connectivity index (χ3v) is 15.1. The molecule has 2 spiro atoms. The van der Waals surface area contributed by atoms with E-state index in [1.165, 1.54) is 69.8 Å². The fraction of sp³-hybridized carbons (Fsp3) is 0.732. The molecular formula is C41H60O4. The minimum Gasteiger partial charge on any atom is -0.496 e. The van der Waals surface area contributed by atoms with Gasteiger partial charge in [-0.2, -0.15) is 0 Å². The second-order valence-electron chi connectivity index (χ2n) is 17.3. The van der Waals surface area contributed by atoms with Crippen LogP contribution in [0.5, 0.6) is 5.75 Å². The number of benzene rings is 1. The number of fused-ring (bicyclic) bond motifs is 2. The van der Waals surface area contributed by atoms with E-state index in [0.29, 0.717) is 38.9 Å². The monoisotopic (exact) mass is 616 g/mol. The van der Waals surface area contributed by atoms with Crippen molar-refractivity contribution in [1.29, 1.82) is 0 Å². The van der Waals surface area contributed by atoms with Gasteiger partial charge in [-0.1, -0.05) is 52.3 Å². The van der Waals surface area contributed by atoms with E-state index in [2.05, 4.69) is 54.5 Å². The average molecular weight is 617 g/mol. The van der Waals surface area contributed by atoms with Gasteiger partial charge < -0.3 is 14.6 Å². The summed E-state index contributed by atoms with van der Waals surface area (Å²) in [7, 11) is 1.60. The van der Waals surface area contributed by atoms with Crippen LogP contribution in [0.25, 0.3) is 6.08 Å². The number of hydrogen-bond donors (Lipinski definition) is 1. The van der Waals surface area contributed by atoms with Crippen LogP contribution in [0.1, 0.15) is 130 Å². The number of carbonyl (C=O) groups excluding carboxylic acids is 1. The van der Waals surface area contributed by atoms with Crippen molar-refractivity contribution in [2.24, 2.45) is 50.7 Å². The molecule has 0 amide bonds. The van der Waals surface area contributed by atoms with E-state index in [1.54, 1.807) is 19.3 Å². The van der Waals surface area contributed by atoms with Crippen LogP contribution in [0.2, 0.25) is 0 Å². The third-order valence-electron chi connectivity index (χ3n) is 15.1. The number of aliphatic hydroxyl groups excluding tert-OH is 1. The molecule has 0 radical (unpaired) electrons. The number of methoxy groups -OCH3 is 1. The highest BCUT2D eigenvalue weighted by Crippen LogP contribution is 2.89. The van der Waals surface area contributed by atoms with Crippen molar-refractivity contribution in [1.82, 2.24) is 0 Å². The van der Waals surface area contributed by atoms with Crippen molar-refractivity contribution < 1.29 is 19.4 Å². The van der Waals surface area contributed by atoms with Crippen LogP contribution >= 0.6 is 0 Å². The highest BCUT2D eigenvalue weighted by Gasteiger charge is 2.82. The Morgan fingerprint density at radius 2 is 1.71 bits per heavy atom. The molecule has 1 aromatic carbocycles. The standard InChI is InChI=1S/C41H60O4/c1-27(2)10-9-11-28(3)31-18-20-39(7)34-16-15-33-37(4,5)35(19-21-40(33)26-41(34,40)23-22-38(31,39)6)45-36(43)17-13-29-12-14-32(44-8)30(24-29)25-42/h10,12-14,17,24,28,31,33-35,42H,9,11,15-16,18-23,25-26H2,1-8H3/b17-13+. The smallest absolute Gasteiger partial charge is 0.331 e. The molecule has 4 nitrogen and oxygen atoms in total. The van der Waals surface area contributed by atoms with E-state index in [4.69, 9.17) is 9.47 Å². The van der Waals surface area contributed by atoms with Crippen molar-refractivity contribution in [3.05, 3.63) is 47.1 Å². The second-order valence-corrected chi connectivity index (χ2v) is 17.3. The SMILES string of the molecule is COc1ccc(/C=C/C(=O)OC2CCC34CC35CCC3(C)C(C(C)CCC=C(C)C)CCC3(C)C5CCC4C2(C)C)cc1CO. The first kappa shape index (κ1) is 32.9. The van der Waals surface area contributed by atoms with Gasteiger partial charge in [0, 0.05) is 17.1 Å². The predicted molar refractivity (Wildman–Crippen MR) is 183 cm³/mol. The lowest BCUT2D eigenvalue weighted by Crippen LogP contribution is -2.58. The normalized spacial score (nSPS) is 40.0. The molecule has 0 aliphatic heterocycles. The van der Waals surface area contributed by atoms with E-state index < -0.39 is 0 Å². The number of carbonyl (C=O) groups is 1. The van der Waals surface area contributed by atoms with Gasteiger partial charge in [-0.3, -0.25) is 0 Å². The maximum Gasteiger partial charge on any atom is 0.331 e. The minimum atomic E-state index is -0.263. The van der Waals surface area contributed by atoms with Crippen LogP contribution in [0.15, 0.2) is 35.9 Å². The molecular weight excluding hydrogens is 556 g/mol. The van der Waals surface area contributed by atoms with Gasteiger partial charge in [0.2, 0.25) is 0 Å². The number of hydrogen-bond acceptors (Lipinski definition) is 4. The molecule has 5 saturated carbocycles. The Morgan fingerprint density at radius 3 is 2.42 bits per heavy atom. The molecule has 0 heterocycles. The van der Waals surface area contributed by atoms with Crippen LogP contribution in [0, 0.1) is 50.7 Å². The fourth-order valence-electron chi connectivity index (χ4n) is 12.7. The zero-order chi connectivity index (χ0) is 32.4. The summed E-state index contributed by atoms with van der Waals surface area (Å²) in [5.74, 6) is 3.51. The van der Waals surface area contributed by atoms with Crippen LogP contribution in [-0.4, -0.2) is 24.3 Å². The average Bonchev–Trinajstić information content (AvgIpc) is 3.58. The van der Waals surface area contributed by atoms with Gasteiger partial charge in [-0.15, -0.1) is 0 Å². The highest BCUT2D eigenvalue weighted by atomic mass is 16.5. The molecule has 9 atom stereocenters. The van der Waals surface area contributed by atoms with E-state index in [0.717, 1.165) is 29.7 Å². The lowest BCUT2D eigenvalue weighted by molar-refractivity contribution is -0.179. The zero-order valence-corrected chi connectivity index (χ0v) is 29.5. The second kappa shape index (κ2) is 11.6. The predicted octanol–water partition coefficient (Wildman–Crippen LogP) is 9.93. The van der Waals surface area contributed by atoms with E-state index in [-0.39, 0.29) is 24.1 Å². The quantitative estimate of drug-likeness (QED) is 0.170. The van der Waals surface area contributed by atoms with Crippen molar-refractivity contribution >= 4 is 12.0 Å². The van der Waals surface area contributed by atoms with Crippen LogP contribution in [0.3, 0.4) is 0 Å². The third kappa shape index (κ3) is 4.97. The maximum atomic E-state index is 13.1. The molecule has 5 aliphatic rings. The number of allylic oxidation sites excluding steroid dienone is 2. The maximum absolute atomic E-state index is 13.1. The lowest BCUT2D eigenvalue weighted by Gasteiger charge is -2.63. The Hall–Kier alpha value is -2.07. The Balaban J connectivity index is 1.14. The molecule has 248 valence electrons. The molecule has 5 fully saturated rings. The summed E-state index contributed by atoms with van der Waals surface area (Å²) < 4.78 is 11.6. The zero-order valence-electron chi connectivity index (χ0n) is 29.5. The van der Waals surface area contributed by atoms with Crippen molar-refractivity contribution in [3.63, 3.8) is 0 Å². The van der Waals surface area contributed by atoms with Crippen LogP contribution in [0.4, 0.5) is 0 Å². The molecule has 6 rings (SSSR count). The summed E-state index contributed by atoms with van der Waals surface area (Å²) in [6.45, 7) is 17.2. The van der Waals surface area contributed by atoms with Gasteiger partial charge in [0.05, 0.1) is 13.7 Å². The van der Waals surface area contributed by atoms with Gasteiger partial charge in [0.15, 0.2) is 0 Å².